The van der Waals surface area contributed by atoms with Gasteiger partial charge in [-0.1, -0.05) is 131 Å². The van der Waals surface area contributed by atoms with Crippen LogP contribution in [0, 0.1) is 0 Å². The maximum absolute atomic E-state index is 9.71. The molecular weight excluding hydrogens is 436 g/mol. The van der Waals surface area contributed by atoms with E-state index in [1.807, 2.05) is 18.9 Å². The van der Waals surface area contributed by atoms with Crippen LogP contribution in [0.1, 0.15) is 150 Å². The molecule has 0 heterocycles. The fourth-order valence-electron chi connectivity index (χ4n) is 2.40. The Kier molecular flexibility index (Phi) is 63.1. The van der Waals surface area contributed by atoms with E-state index in [-0.39, 0.29) is 21.7 Å². The Morgan fingerprint density at radius 3 is 0.844 bits per heavy atom. The Hall–Kier alpha value is -0.316. The van der Waals surface area contributed by atoms with E-state index >= 15 is 0 Å². The van der Waals surface area contributed by atoms with Gasteiger partial charge in [0.2, 0.25) is 0 Å². The van der Waals surface area contributed by atoms with Gasteiger partial charge in [0.25, 0.3) is 0 Å². The zero-order chi connectivity index (χ0) is 24.4. The SMILES string of the molecule is CC(C)[O-].CCCCCCC[C-]=O.CCCCCCC[C-]=O.CCCCCCC[C-]=O.[Ti+4]. The van der Waals surface area contributed by atoms with Gasteiger partial charge >= 0.3 is 21.7 Å². The summed E-state index contributed by atoms with van der Waals surface area (Å²) < 4.78 is 0. The summed E-state index contributed by atoms with van der Waals surface area (Å²) in [5.74, 6) is 0. The molecule has 5 heteroatoms. The van der Waals surface area contributed by atoms with Crippen LogP contribution in [0.3, 0.4) is 0 Å². The molecule has 0 aromatic heterocycles. The monoisotopic (exact) mass is 488 g/mol. The minimum Gasteiger partial charge on any atom is -0.852 e. The van der Waals surface area contributed by atoms with Gasteiger partial charge in [-0.05, 0) is 0 Å². The summed E-state index contributed by atoms with van der Waals surface area (Å²) in [5.41, 5.74) is 0. The van der Waals surface area contributed by atoms with Gasteiger partial charge in [-0.3, -0.25) is 18.9 Å². The van der Waals surface area contributed by atoms with Crippen LogP contribution in [0.25, 0.3) is 0 Å². The quantitative estimate of drug-likeness (QED) is 0.117. The van der Waals surface area contributed by atoms with Gasteiger partial charge in [0, 0.05) is 0 Å². The second-order valence-electron chi connectivity index (χ2n) is 7.97. The Morgan fingerprint density at radius 2 is 0.688 bits per heavy atom. The first-order chi connectivity index (χ1) is 15.0. The average molecular weight is 489 g/mol. The predicted octanol–water partition coefficient (Wildman–Crippen LogP) is 7.12. The Balaban J connectivity index is -0.000000104. The Morgan fingerprint density at radius 1 is 0.500 bits per heavy atom. The smallest absolute Gasteiger partial charge is 0.852 e. The van der Waals surface area contributed by atoms with Crippen LogP contribution in [-0.4, -0.2) is 25.0 Å². The van der Waals surface area contributed by atoms with Crippen molar-refractivity contribution in [3.63, 3.8) is 0 Å². The van der Waals surface area contributed by atoms with Crippen molar-refractivity contribution in [1.82, 2.24) is 0 Å². The molecule has 0 amide bonds. The van der Waals surface area contributed by atoms with Crippen molar-refractivity contribution in [2.75, 3.05) is 0 Å². The number of hydrogen-bond donors (Lipinski definition) is 0. The van der Waals surface area contributed by atoms with Crippen LogP contribution in [0.15, 0.2) is 0 Å². The van der Waals surface area contributed by atoms with E-state index in [1.54, 1.807) is 13.8 Å². The van der Waals surface area contributed by atoms with Gasteiger partial charge in [0.1, 0.15) is 0 Å². The molecule has 0 saturated carbocycles. The van der Waals surface area contributed by atoms with E-state index in [2.05, 4.69) is 20.8 Å². The maximum atomic E-state index is 9.71. The third-order valence-corrected chi connectivity index (χ3v) is 4.15. The van der Waals surface area contributed by atoms with Gasteiger partial charge in [-0.15, -0.1) is 6.10 Å². The summed E-state index contributed by atoms with van der Waals surface area (Å²) in [6.07, 6.45) is 25.4. The average Bonchev–Trinajstić information content (AvgIpc) is 2.74. The molecule has 0 fully saturated rings. The molecule has 0 aliphatic rings. The predicted molar refractivity (Wildman–Crippen MR) is 132 cm³/mol. The minimum atomic E-state index is -0.417. The standard InChI is InChI=1S/3C8H15O.C3H7O.Ti/c3*1-2-3-4-5-6-7-8-9;1-3(2)4;/h3*2-7H2,1H3;3H,1-2H3;/q4*-1;+4. The minimum absolute atomic E-state index is 0. The van der Waals surface area contributed by atoms with Crippen molar-refractivity contribution in [3.8, 4) is 0 Å². The molecule has 0 spiro atoms. The molecule has 0 bridgehead atoms. The topological polar surface area (TPSA) is 74.3 Å². The summed E-state index contributed by atoms with van der Waals surface area (Å²) in [5, 5.41) is 9.53. The first kappa shape index (κ1) is 41.9. The normalized spacial score (nSPS) is 9.09. The molecular formula is C27H52O4Ti. The molecule has 188 valence electrons. The van der Waals surface area contributed by atoms with E-state index in [4.69, 9.17) is 0 Å². The van der Waals surface area contributed by atoms with Crippen molar-refractivity contribution >= 4 is 18.9 Å². The van der Waals surface area contributed by atoms with Crippen LogP contribution in [-0.2, 0) is 36.1 Å². The second kappa shape index (κ2) is 48.2. The number of unbranched alkanes of at least 4 members (excludes halogenated alkanes) is 15. The summed E-state index contributed by atoms with van der Waals surface area (Å²) in [4.78, 5) is 29.1. The van der Waals surface area contributed by atoms with E-state index < -0.39 is 6.10 Å². The Labute approximate surface area is 216 Å². The Bertz CT molecular complexity index is 264. The van der Waals surface area contributed by atoms with Crippen LogP contribution >= 0.6 is 0 Å². The fraction of sp³-hybridized carbons (Fsp3) is 0.889. The maximum Gasteiger partial charge on any atom is 4.00 e. The molecule has 0 aromatic rings. The molecule has 0 N–H and O–H groups in total. The van der Waals surface area contributed by atoms with Gasteiger partial charge in [-0.2, -0.15) is 19.3 Å². The molecule has 0 aliphatic carbocycles. The van der Waals surface area contributed by atoms with E-state index in [9.17, 15) is 19.5 Å². The van der Waals surface area contributed by atoms with Gasteiger partial charge in [0.15, 0.2) is 0 Å². The first-order valence-electron chi connectivity index (χ1n) is 12.7. The zero-order valence-electron chi connectivity index (χ0n) is 21.9. The summed E-state index contributed by atoms with van der Waals surface area (Å²) in [6, 6.07) is 0. The molecule has 0 rings (SSSR count). The third kappa shape index (κ3) is 78.1. The second-order valence-corrected chi connectivity index (χ2v) is 7.97. The molecule has 0 atom stereocenters. The third-order valence-electron chi connectivity index (χ3n) is 4.15. The van der Waals surface area contributed by atoms with E-state index in [0.29, 0.717) is 19.3 Å². The number of rotatable bonds is 18. The van der Waals surface area contributed by atoms with E-state index in [1.165, 1.54) is 77.0 Å². The number of carbonyl (C=O) groups excluding carboxylic acids is 3. The summed E-state index contributed by atoms with van der Waals surface area (Å²) in [7, 11) is 0. The molecule has 0 aromatic carbocycles. The summed E-state index contributed by atoms with van der Waals surface area (Å²) >= 11 is 0. The van der Waals surface area contributed by atoms with Crippen molar-refractivity contribution in [2.24, 2.45) is 0 Å². The molecule has 0 radical (unpaired) electrons. The van der Waals surface area contributed by atoms with Crippen molar-refractivity contribution in [1.29, 1.82) is 0 Å². The fourth-order valence-corrected chi connectivity index (χ4v) is 2.40. The molecule has 0 aliphatic heterocycles. The zero-order valence-corrected chi connectivity index (χ0v) is 23.5. The van der Waals surface area contributed by atoms with Crippen LogP contribution in [0.4, 0.5) is 0 Å². The van der Waals surface area contributed by atoms with Crippen LogP contribution in [0.2, 0.25) is 0 Å². The number of hydrogen-bond acceptors (Lipinski definition) is 4. The van der Waals surface area contributed by atoms with Crippen molar-refractivity contribution < 1.29 is 41.2 Å². The molecule has 32 heavy (non-hydrogen) atoms. The van der Waals surface area contributed by atoms with Crippen LogP contribution in [0.5, 0.6) is 0 Å². The van der Waals surface area contributed by atoms with Gasteiger partial charge < -0.3 is 19.5 Å². The molecule has 0 saturated heterocycles. The van der Waals surface area contributed by atoms with Gasteiger partial charge in [-0.25, -0.2) is 0 Å². The van der Waals surface area contributed by atoms with Crippen molar-refractivity contribution in [2.45, 2.75) is 156 Å². The summed E-state index contributed by atoms with van der Waals surface area (Å²) in [6.45, 7) is 9.78. The first-order valence-corrected chi connectivity index (χ1v) is 12.7. The van der Waals surface area contributed by atoms with Gasteiger partial charge in [0.05, 0.1) is 0 Å². The largest absolute Gasteiger partial charge is 4.00 e. The van der Waals surface area contributed by atoms with Crippen molar-refractivity contribution in [3.05, 3.63) is 0 Å². The molecule has 4 nitrogen and oxygen atoms in total. The molecule has 0 unspecified atom stereocenters. The van der Waals surface area contributed by atoms with Crippen LogP contribution < -0.4 is 5.11 Å². The van der Waals surface area contributed by atoms with E-state index in [0.717, 1.165) is 19.3 Å².